The van der Waals surface area contributed by atoms with E-state index >= 15 is 0 Å². The summed E-state index contributed by atoms with van der Waals surface area (Å²) in [5, 5.41) is 10.0. The average Bonchev–Trinajstić information content (AvgIpc) is 3.11. The van der Waals surface area contributed by atoms with Gasteiger partial charge < -0.3 is 10.1 Å². The first-order valence-corrected chi connectivity index (χ1v) is 10.3. The lowest BCUT2D eigenvalue weighted by molar-refractivity contribution is 0.0510. The zero-order chi connectivity index (χ0) is 19.3. The molecule has 27 heavy (non-hydrogen) atoms. The van der Waals surface area contributed by atoms with Crippen molar-refractivity contribution in [3.05, 3.63) is 48.0 Å². The van der Waals surface area contributed by atoms with Crippen LogP contribution in [0.25, 0.3) is 0 Å². The molecule has 2 rings (SSSR count). The zero-order valence-electron chi connectivity index (χ0n) is 16.3. The molecule has 3 N–H and O–H groups in total. The van der Waals surface area contributed by atoms with Gasteiger partial charge in [-0.25, -0.2) is 0 Å². The Morgan fingerprint density at radius 1 is 1.37 bits per heavy atom. The molecule has 0 radical (unpaired) electrons. The van der Waals surface area contributed by atoms with Crippen molar-refractivity contribution in [2.45, 2.75) is 57.0 Å². The molecule has 1 saturated heterocycles. The molecule has 0 saturated carbocycles. The molecular weight excluding hydrogens is 360 g/mol. The first-order valence-electron chi connectivity index (χ1n) is 9.84. The monoisotopic (exact) mass is 392 g/mol. The normalized spacial score (nSPS) is 21.0. The number of nitrogens with one attached hydrogen (secondary N) is 3. The van der Waals surface area contributed by atoms with Crippen LogP contribution in [0.15, 0.2) is 41.9 Å². The van der Waals surface area contributed by atoms with Crippen molar-refractivity contribution in [3.8, 4) is 0 Å². The molecule has 3 unspecified atom stereocenters. The van der Waals surface area contributed by atoms with Gasteiger partial charge in [0.1, 0.15) is 6.23 Å². The van der Waals surface area contributed by atoms with Crippen LogP contribution in [0.2, 0.25) is 0 Å². The molecule has 150 valence electrons. The van der Waals surface area contributed by atoms with Crippen LogP contribution in [0.5, 0.6) is 0 Å². The van der Waals surface area contributed by atoms with Gasteiger partial charge in [-0.2, -0.15) is 0 Å². The molecule has 0 amide bonds. The number of benzene rings is 1. The number of hydrogen-bond donors (Lipinski definition) is 3. The Labute approximate surface area is 168 Å². The Kier molecular flexibility index (Phi) is 10.6. The summed E-state index contributed by atoms with van der Waals surface area (Å²) in [5.41, 5.74) is 2.36. The van der Waals surface area contributed by atoms with Crippen molar-refractivity contribution in [2.24, 2.45) is 4.99 Å². The molecule has 0 bridgehead atoms. The van der Waals surface area contributed by atoms with Crippen LogP contribution in [0.4, 0.5) is 0 Å². The predicted octanol–water partition coefficient (Wildman–Crippen LogP) is 3.71. The molecule has 5 nitrogen and oxygen atoms in total. The van der Waals surface area contributed by atoms with Crippen molar-refractivity contribution in [3.63, 3.8) is 0 Å². The lowest BCUT2D eigenvalue weighted by atomic mass is 10.1. The molecule has 1 heterocycles. The molecule has 0 aromatic heterocycles. The fourth-order valence-corrected chi connectivity index (χ4v) is 3.01. The number of nitrogens with zero attached hydrogens (tertiary/aromatic N) is 1. The molecule has 1 aliphatic rings. The summed E-state index contributed by atoms with van der Waals surface area (Å²) < 4.78 is 5.81. The van der Waals surface area contributed by atoms with Gasteiger partial charge in [-0.05, 0) is 50.3 Å². The predicted molar refractivity (Wildman–Crippen MR) is 114 cm³/mol. The quantitative estimate of drug-likeness (QED) is 0.157. The summed E-state index contributed by atoms with van der Waals surface area (Å²) >= 11 is 6.27. The second-order valence-corrected chi connectivity index (χ2v) is 7.38. The Balaban J connectivity index is 1.53. The van der Waals surface area contributed by atoms with Crippen LogP contribution >= 0.6 is 11.6 Å². The highest BCUT2D eigenvalue weighted by Gasteiger charge is 2.21. The summed E-state index contributed by atoms with van der Waals surface area (Å²) in [6.45, 7) is 8.96. The van der Waals surface area contributed by atoms with E-state index in [0.29, 0.717) is 6.67 Å². The number of allylic oxidation sites excluding steroid dienone is 1. The third-order valence-electron chi connectivity index (χ3n) is 4.42. The van der Waals surface area contributed by atoms with Gasteiger partial charge in [-0.1, -0.05) is 30.3 Å². The van der Waals surface area contributed by atoms with Gasteiger partial charge in [-0.15, -0.1) is 18.2 Å². The summed E-state index contributed by atoms with van der Waals surface area (Å²) in [4.78, 5) is 4.31. The Morgan fingerprint density at radius 2 is 2.19 bits per heavy atom. The topological polar surface area (TPSA) is 57.7 Å². The number of rotatable bonds is 13. The van der Waals surface area contributed by atoms with Gasteiger partial charge in [0.05, 0.1) is 18.3 Å². The highest BCUT2D eigenvalue weighted by Crippen LogP contribution is 2.21. The molecule has 1 aliphatic heterocycles. The van der Waals surface area contributed by atoms with Crippen LogP contribution < -0.4 is 16.0 Å². The first kappa shape index (κ1) is 22.1. The number of ether oxygens (including phenoxy) is 1. The smallest absolute Gasteiger partial charge is 0.134 e. The maximum Gasteiger partial charge on any atom is 0.134 e. The van der Waals surface area contributed by atoms with Gasteiger partial charge in [0, 0.05) is 19.3 Å². The molecule has 6 heteroatoms. The van der Waals surface area contributed by atoms with Gasteiger partial charge in [-0.3, -0.25) is 15.6 Å². The van der Waals surface area contributed by atoms with Gasteiger partial charge in [0.15, 0.2) is 0 Å². The minimum atomic E-state index is -0.0715. The fourth-order valence-electron chi connectivity index (χ4n) is 2.83. The summed E-state index contributed by atoms with van der Waals surface area (Å²) in [6.07, 6.45) is 8.17. The minimum absolute atomic E-state index is 0.0229. The Hall–Kier alpha value is -1.24. The molecule has 1 aromatic carbocycles. The molecule has 0 aliphatic carbocycles. The van der Waals surface area contributed by atoms with Crippen molar-refractivity contribution in [2.75, 3.05) is 19.8 Å². The third-order valence-corrected chi connectivity index (χ3v) is 4.79. The number of halogens is 1. The van der Waals surface area contributed by atoms with Crippen molar-refractivity contribution in [1.82, 2.24) is 16.0 Å². The zero-order valence-corrected chi connectivity index (χ0v) is 17.0. The summed E-state index contributed by atoms with van der Waals surface area (Å²) in [6, 6.07) is 8.55. The van der Waals surface area contributed by atoms with E-state index in [1.165, 1.54) is 11.1 Å². The molecular formula is C21H33ClN4O. The molecule has 1 aromatic rings. The highest BCUT2D eigenvalue weighted by atomic mass is 35.5. The maximum atomic E-state index is 6.27. The van der Waals surface area contributed by atoms with E-state index in [-0.39, 0.29) is 17.8 Å². The van der Waals surface area contributed by atoms with Crippen LogP contribution in [-0.2, 0) is 11.3 Å². The SMILES string of the molecule is C=CCCCC=NCNC(Cl)CCNCc1ccc(C2NCC(C)O2)cc1. The van der Waals surface area contributed by atoms with E-state index in [0.717, 1.165) is 45.3 Å². The largest absolute Gasteiger partial charge is 0.355 e. The molecule has 3 atom stereocenters. The Bertz CT molecular complexity index is 564. The lowest BCUT2D eigenvalue weighted by Crippen LogP contribution is -2.28. The van der Waals surface area contributed by atoms with Crippen molar-refractivity contribution in [1.29, 1.82) is 0 Å². The van der Waals surface area contributed by atoms with Gasteiger partial charge >= 0.3 is 0 Å². The van der Waals surface area contributed by atoms with E-state index in [2.05, 4.69) is 58.7 Å². The van der Waals surface area contributed by atoms with Crippen LogP contribution in [0.3, 0.4) is 0 Å². The molecule has 0 spiro atoms. The van der Waals surface area contributed by atoms with E-state index in [4.69, 9.17) is 16.3 Å². The number of alkyl halides is 1. The number of hydrogen-bond acceptors (Lipinski definition) is 5. The van der Waals surface area contributed by atoms with E-state index in [1.54, 1.807) is 0 Å². The van der Waals surface area contributed by atoms with Crippen molar-refractivity contribution >= 4 is 17.8 Å². The second-order valence-electron chi connectivity index (χ2n) is 6.86. The highest BCUT2D eigenvalue weighted by molar-refractivity contribution is 6.20. The lowest BCUT2D eigenvalue weighted by Gasteiger charge is -2.13. The second kappa shape index (κ2) is 13.0. The van der Waals surface area contributed by atoms with Crippen LogP contribution in [0, 0.1) is 0 Å². The van der Waals surface area contributed by atoms with E-state index in [9.17, 15) is 0 Å². The first-order chi connectivity index (χ1) is 13.2. The van der Waals surface area contributed by atoms with Crippen LogP contribution in [-0.4, -0.2) is 37.6 Å². The Morgan fingerprint density at radius 3 is 2.89 bits per heavy atom. The average molecular weight is 393 g/mol. The minimum Gasteiger partial charge on any atom is -0.355 e. The molecule has 1 fully saturated rings. The summed E-state index contributed by atoms with van der Waals surface area (Å²) in [7, 11) is 0. The van der Waals surface area contributed by atoms with Gasteiger partial charge in [0.25, 0.3) is 0 Å². The number of unbranched alkanes of at least 4 members (excludes halogenated alkanes) is 2. The van der Waals surface area contributed by atoms with E-state index in [1.807, 2.05) is 12.3 Å². The standard InChI is InChI=1S/C21H33ClN4O/c1-3-4-5-6-12-24-16-26-20(22)11-13-23-15-18-7-9-19(10-8-18)21-25-14-17(2)27-21/h3,7-10,12,17,20-21,23,25-26H,1,4-6,11,13-16H2,2H3. The van der Waals surface area contributed by atoms with Gasteiger partial charge in [0.2, 0.25) is 0 Å². The number of aliphatic imine (C=N–C) groups is 1. The van der Waals surface area contributed by atoms with Crippen molar-refractivity contribution < 1.29 is 4.74 Å². The fraction of sp³-hybridized carbons (Fsp3) is 0.571. The third kappa shape index (κ3) is 9.00. The van der Waals surface area contributed by atoms with Crippen LogP contribution in [0.1, 0.15) is 50.0 Å². The maximum absolute atomic E-state index is 6.27. The van der Waals surface area contributed by atoms with E-state index < -0.39 is 0 Å². The summed E-state index contributed by atoms with van der Waals surface area (Å²) in [5.74, 6) is 0.